The summed E-state index contributed by atoms with van der Waals surface area (Å²) in [5, 5.41) is 0. The van der Waals surface area contributed by atoms with Crippen LogP contribution in [0.2, 0.25) is 0 Å². The summed E-state index contributed by atoms with van der Waals surface area (Å²) in [7, 11) is 0. The van der Waals surface area contributed by atoms with Gasteiger partial charge in [-0.3, -0.25) is 14.4 Å². The summed E-state index contributed by atoms with van der Waals surface area (Å²) in [5.74, 6) is -0.980. The van der Waals surface area contributed by atoms with Crippen molar-refractivity contribution < 1.29 is 19.1 Å². The van der Waals surface area contributed by atoms with Crippen molar-refractivity contribution in [2.24, 2.45) is 5.73 Å². The standard InChI is InChI=1S/C19H27N3O4/c1-19(2,3)26-17(24)13-21-9-10-22(16(23)12-20)15(18(21)25)11-14-7-5-4-6-8-14/h4-8,15H,9-13,20H2,1-3H3. The molecule has 1 atom stereocenters. The number of hydrogen-bond donors (Lipinski definition) is 1. The summed E-state index contributed by atoms with van der Waals surface area (Å²) in [6, 6.07) is 8.82. The molecule has 7 heteroatoms. The van der Waals surface area contributed by atoms with Crippen molar-refractivity contribution in [3.05, 3.63) is 35.9 Å². The van der Waals surface area contributed by atoms with Gasteiger partial charge in [-0.2, -0.15) is 0 Å². The Morgan fingerprint density at radius 2 is 1.85 bits per heavy atom. The zero-order valence-corrected chi connectivity index (χ0v) is 15.6. The fraction of sp³-hybridized carbons (Fsp3) is 0.526. The SMILES string of the molecule is CC(C)(C)OC(=O)CN1CCN(C(=O)CN)C(Cc2ccccc2)C1=O. The highest BCUT2D eigenvalue weighted by Gasteiger charge is 2.38. The summed E-state index contributed by atoms with van der Waals surface area (Å²) in [4.78, 5) is 40.2. The van der Waals surface area contributed by atoms with Crippen LogP contribution >= 0.6 is 0 Å². The molecule has 0 aromatic heterocycles. The van der Waals surface area contributed by atoms with Crippen molar-refractivity contribution in [2.45, 2.75) is 38.8 Å². The lowest BCUT2D eigenvalue weighted by Crippen LogP contribution is -2.61. The average molecular weight is 361 g/mol. The monoisotopic (exact) mass is 361 g/mol. The Hall–Kier alpha value is -2.41. The lowest BCUT2D eigenvalue weighted by atomic mass is 10.0. The maximum absolute atomic E-state index is 12.9. The van der Waals surface area contributed by atoms with Gasteiger partial charge in [0.25, 0.3) is 0 Å². The van der Waals surface area contributed by atoms with E-state index in [2.05, 4.69) is 0 Å². The van der Waals surface area contributed by atoms with E-state index in [1.54, 1.807) is 20.8 Å². The van der Waals surface area contributed by atoms with Gasteiger partial charge in [0.05, 0.1) is 6.54 Å². The number of rotatable bonds is 5. The van der Waals surface area contributed by atoms with Crippen molar-refractivity contribution in [1.29, 1.82) is 0 Å². The minimum Gasteiger partial charge on any atom is -0.459 e. The molecule has 1 fully saturated rings. The van der Waals surface area contributed by atoms with Crippen LogP contribution in [0.15, 0.2) is 30.3 Å². The van der Waals surface area contributed by atoms with E-state index in [1.165, 1.54) is 9.80 Å². The van der Waals surface area contributed by atoms with Gasteiger partial charge in [-0.15, -0.1) is 0 Å². The van der Waals surface area contributed by atoms with E-state index in [0.717, 1.165) is 5.56 Å². The Bertz CT molecular complexity index is 654. The van der Waals surface area contributed by atoms with Gasteiger partial charge in [-0.05, 0) is 26.3 Å². The van der Waals surface area contributed by atoms with E-state index in [0.29, 0.717) is 13.0 Å². The largest absolute Gasteiger partial charge is 0.459 e. The quantitative estimate of drug-likeness (QED) is 0.774. The molecule has 1 aliphatic rings. The van der Waals surface area contributed by atoms with Gasteiger partial charge >= 0.3 is 5.97 Å². The fourth-order valence-electron chi connectivity index (χ4n) is 2.98. The van der Waals surface area contributed by atoms with Gasteiger partial charge in [-0.1, -0.05) is 30.3 Å². The van der Waals surface area contributed by atoms with Crippen LogP contribution < -0.4 is 5.73 Å². The highest BCUT2D eigenvalue weighted by Crippen LogP contribution is 2.17. The number of benzene rings is 1. The van der Waals surface area contributed by atoms with Crippen LogP contribution in [0.5, 0.6) is 0 Å². The molecule has 0 spiro atoms. The number of ether oxygens (including phenoxy) is 1. The normalized spacial score (nSPS) is 18.0. The highest BCUT2D eigenvalue weighted by molar-refractivity contribution is 5.91. The third-order valence-electron chi connectivity index (χ3n) is 4.09. The first-order chi connectivity index (χ1) is 12.2. The Balaban J connectivity index is 2.14. The molecule has 1 saturated heterocycles. The van der Waals surface area contributed by atoms with E-state index >= 15 is 0 Å². The summed E-state index contributed by atoms with van der Waals surface area (Å²) in [6.07, 6.45) is 0.385. The number of carbonyl (C=O) groups excluding carboxylic acids is 3. The number of esters is 1. The molecule has 0 bridgehead atoms. The van der Waals surface area contributed by atoms with E-state index in [9.17, 15) is 14.4 Å². The zero-order chi connectivity index (χ0) is 19.3. The van der Waals surface area contributed by atoms with E-state index in [4.69, 9.17) is 10.5 Å². The van der Waals surface area contributed by atoms with E-state index in [-0.39, 0.29) is 31.4 Å². The van der Waals surface area contributed by atoms with Crippen LogP contribution in [0.1, 0.15) is 26.3 Å². The van der Waals surface area contributed by atoms with Crippen molar-refractivity contribution in [3.63, 3.8) is 0 Å². The molecule has 7 nitrogen and oxygen atoms in total. The third-order valence-corrected chi connectivity index (χ3v) is 4.09. The predicted octanol–water partition coefficient (Wildman–Crippen LogP) is 0.569. The molecule has 1 aromatic rings. The molecule has 0 saturated carbocycles. The van der Waals surface area contributed by atoms with Crippen LogP contribution in [0.25, 0.3) is 0 Å². The maximum Gasteiger partial charge on any atom is 0.326 e. The molecule has 1 heterocycles. The maximum atomic E-state index is 12.9. The molecule has 2 N–H and O–H groups in total. The molecule has 0 aliphatic carbocycles. The summed E-state index contributed by atoms with van der Waals surface area (Å²) in [5.41, 5.74) is 5.83. The van der Waals surface area contributed by atoms with Crippen LogP contribution in [0, 0.1) is 0 Å². The number of nitrogens with zero attached hydrogens (tertiary/aromatic N) is 2. The van der Waals surface area contributed by atoms with E-state index in [1.807, 2.05) is 30.3 Å². The molecule has 1 unspecified atom stereocenters. The van der Waals surface area contributed by atoms with Crippen LogP contribution in [-0.2, 0) is 25.5 Å². The molecular weight excluding hydrogens is 334 g/mol. The van der Waals surface area contributed by atoms with Crippen molar-refractivity contribution >= 4 is 17.8 Å². The second-order valence-corrected chi connectivity index (χ2v) is 7.34. The highest BCUT2D eigenvalue weighted by atomic mass is 16.6. The minimum absolute atomic E-state index is 0.119. The number of hydrogen-bond acceptors (Lipinski definition) is 5. The van der Waals surface area contributed by atoms with Gasteiger partial charge in [0.15, 0.2) is 0 Å². The first kappa shape index (κ1) is 19.9. The zero-order valence-electron chi connectivity index (χ0n) is 15.6. The molecule has 26 heavy (non-hydrogen) atoms. The van der Waals surface area contributed by atoms with Gasteiger partial charge in [-0.25, -0.2) is 0 Å². The Morgan fingerprint density at radius 1 is 1.19 bits per heavy atom. The van der Waals surface area contributed by atoms with Crippen LogP contribution in [0.3, 0.4) is 0 Å². The molecule has 142 valence electrons. The predicted molar refractivity (Wildman–Crippen MR) is 97.1 cm³/mol. The summed E-state index contributed by atoms with van der Waals surface area (Å²) < 4.78 is 5.30. The van der Waals surface area contributed by atoms with Crippen LogP contribution in [0.4, 0.5) is 0 Å². The number of amides is 2. The van der Waals surface area contributed by atoms with Crippen molar-refractivity contribution in [1.82, 2.24) is 9.80 Å². The smallest absolute Gasteiger partial charge is 0.326 e. The van der Waals surface area contributed by atoms with Crippen LogP contribution in [-0.4, -0.2) is 65.4 Å². The van der Waals surface area contributed by atoms with Gasteiger partial charge in [0.1, 0.15) is 18.2 Å². The Morgan fingerprint density at radius 3 is 2.42 bits per heavy atom. The second-order valence-electron chi connectivity index (χ2n) is 7.34. The molecule has 0 radical (unpaired) electrons. The van der Waals surface area contributed by atoms with Gasteiger partial charge in [0, 0.05) is 19.5 Å². The second kappa shape index (κ2) is 8.31. The molecule has 2 rings (SSSR count). The van der Waals surface area contributed by atoms with Gasteiger partial charge < -0.3 is 20.3 Å². The van der Waals surface area contributed by atoms with Crippen molar-refractivity contribution in [2.75, 3.05) is 26.2 Å². The first-order valence-electron chi connectivity index (χ1n) is 8.75. The lowest BCUT2D eigenvalue weighted by Gasteiger charge is -2.40. The topological polar surface area (TPSA) is 92.9 Å². The Labute approximate surface area is 154 Å². The summed E-state index contributed by atoms with van der Waals surface area (Å²) >= 11 is 0. The minimum atomic E-state index is -0.662. The lowest BCUT2D eigenvalue weighted by molar-refractivity contribution is -0.162. The Kier molecular flexibility index (Phi) is 6.37. The third kappa shape index (κ3) is 5.29. The fourth-order valence-corrected chi connectivity index (χ4v) is 2.98. The number of nitrogens with two attached hydrogens (primary N) is 1. The molecule has 1 aliphatic heterocycles. The molecular formula is C19H27N3O4. The van der Waals surface area contributed by atoms with Gasteiger partial charge in [0.2, 0.25) is 11.8 Å². The first-order valence-corrected chi connectivity index (χ1v) is 8.75. The van der Waals surface area contributed by atoms with E-state index < -0.39 is 17.6 Å². The summed E-state index contributed by atoms with van der Waals surface area (Å²) in [6.45, 7) is 5.71. The number of piperazine rings is 1. The number of carbonyl (C=O) groups is 3. The van der Waals surface area contributed by atoms with Crippen molar-refractivity contribution in [3.8, 4) is 0 Å². The molecule has 1 aromatic carbocycles. The molecule has 2 amide bonds. The average Bonchev–Trinajstić information content (AvgIpc) is 2.57.